The minimum atomic E-state index is -1.18. The molecule has 0 radical (unpaired) electrons. The first kappa shape index (κ1) is 15.2. The molecule has 21 heavy (non-hydrogen) atoms. The molecule has 2 aromatic rings. The first-order valence-electron chi connectivity index (χ1n) is 6.17. The van der Waals surface area contributed by atoms with Gasteiger partial charge in [-0.25, -0.2) is 4.79 Å². The molecule has 1 aromatic carbocycles. The Labute approximate surface area is 126 Å². The van der Waals surface area contributed by atoms with Crippen LogP contribution in [0.25, 0.3) is 11.3 Å². The van der Waals surface area contributed by atoms with Crippen LogP contribution in [0.1, 0.15) is 23.0 Å². The number of benzene rings is 1. The molecule has 0 aliphatic rings. The topological polar surface area (TPSA) is 81.8 Å². The van der Waals surface area contributed by atoms with Crippen LogP contribution in [-0.2, 0) is 6.42 Å². The summed E-state index contributed by atoms with van der Waals surface area (Å²) in [6.45, 7) is 1.93. The molecule has 0 saturated heterocycles. The summed E-state index contributed by atoms with van der Waals surface area (Å²) in [6, 6.07) is 3.05. The van der Waals surface area contributed by atoms with Gasteiger partial charge in [0.1, 0.15) is 5.69 Å². The number of aromatic nitrogens is 1. The smallest absolute Gasteiger partial charge is 0.374 e. The summed E-state index contributed by atoms with van der Waals surface area (Å²) in [6.07, 6.45) is 0.615. The number of aromatic carboxylic acids is 1. The Morgan fingerprint density at radius 3 is 2.57 bits per heavy atom. The monoisotopic (exact) mass is 311 g/mol. The third-order valence-corrected chi connectivity index (χ3v) is 3.46. The third-order valence-electron chi connectivity index (χ3n) is 3.06. The Kier molecular flexibility index (Phi) is 4.37. The molecule has 0 saturated carbocycles. The summed E-state index contributed by atoms with van der Waals surface area (Å²) in [5, 5.41) is 13.1. The maximum Gasteiger partial charge on any atom is 0.374 e. The standard InChI is InChI=1S/C14H14ClNO5/c1-4-7-8(9-6-11(14(17)18)21-16-9)5-10(19-2)13(20-3)12(7)15/h5-6H,4H2,1-3H3,(H,17,18). The number of carboxylic acids is 1. The van der Waals surface area contributed by atoms with E-state index in [1.807, 2.05) is 6.92 Å². The molecule has 7 heteroatoms. The highest BCUT2D eigenvalue weighted by molar-refractivity contribution is 6.33. The molecule has 1 heterocycles. The number of hydrogen-bond acceptors (Lipinski definition) is 5. The van der Waals surface area contributed by atoms with Crippen molar-refractivity contribution in [3.63, 3.8) is 0 Å². The Morgan fingerprint density at radius 1 is 1.38 bits per heavy atom. The highest BCUT2D eigenvalue weighted by Gasteiger charge is 2.21. The van der Waals surface area contributed by atoms with E-state index >= 15 is 0 Å². The van der Waals surface area contributed by atoms with Crippen LogP contribution in [0.3, 0.4) is 0 Å². The van der Waals surface area contributed by atoms with E-state index in [4.69, 9.17) is 30.7 Å². The van der Waals surface area contributed by atoms with Gasteiger partial charge in [0.25, 0.3) is 0 Å². The number of halogens is 1. The fraction of sp³-hybridized carbons (Fsp3) is 0.286. The SMILES string of the molecule is CCc1c(-c2cc(C(=O)O)on2)cc(OC)c(OC)c1Cl. The quantitative estimate of drug-likeness (QED) is 0.912. The molecular weight excluding hydrogens is 298 g/mol. The second-order valence-corrected chi connectivity index (χ2v) is 4.57. The Balaban J connectivity index is 2.66. The molecule has 1 aromatic heterocycles. The van der Waals surface area contributed by atoms with Gasteiger partial charge in [-0.05, 0) is 18.1 Å². The molecule has 0 atom stereocenters. The molecule has 0 amide bonds. The predicted molar refractivity (Wildman–Crippen MR) is 76.4 cm³/mol. The van der Waals surface area contributed by atoms with Crippen molar-refractivity contribution < 1.29 is 23.9 Å². The van der Waals surface area contributed by atoms with E-state index < -0.39 is 5.97 Å². The number of ether oxygens (including phenoxy) is 2. The van der Waals surface area contributed by atoms with E-state index in [9.17, 15) is 4.79 Å². The molecule has 1 N–H and O–H groups in total. The molecule has 0 bridgehead atoms. The minimum absolute atomic E-state index is 0.238. The summed E-state index contributed by atoms with van der Waals surface area (Å²) in [5.74, 6) is -0.548. The normalized spacial score (nSPS) is 10.5. The first-order valence-corrected chi connectivity index (χ1v) is 6.55. The van der Waals surface area contributed by atoms with Gasteiger partial charge in [-0.2, -0.15) is 0 Å². The van der Waals surface area contributed by atoms with E-state index in [-0.39, 0.29) is 5.76 Å². The molecule has 0 unspecified atom stereocenters. The lowest BCUT2D eigenvalue weighted by Gasteiger charge is -2.15. The zero-order chi connectivity index (χ0) is 15.6. The number of carboxylic acid groups (broad SMARTS) is 1. The number of methoxy groups -OCH3 is 2. The third kappa shape index (κ3) is 2.67. The molecule has 0 aliphatic heterocycles. The molecule has 112 valence electrons. The van der Waals surface area contributed by atoms with E-state index in [1.54, 1.807) is 6.07 Å². The zero-order valence-corrected chi connectivity index (χ0v) is 12.5. The van der Waals surface area contributed by atoms with Crippen LogP contribution in [0.4, 0.5) is 0 Å². The lowest BCUT2D eigenvalue weighted by Crippen LogP contribution is -1.98. The van der Waals surface area contributed by atoms with E-state index in [2.05, 4.69) is 5.16 Å². The van der Waals surface area contributed by atoms with Gasteiger partial charge in [-0.1, -0.05) is 23.7 Å². The highest BCUT2D eigenvalue weighted by atomic mass is 35.5. The van der Waals surface area contributed by atoms with Gasteiger partial charge < -0.3 is 19.1 Å². The van der Waals surface area contributed by atoms with E-state index in [0.29, 0.717) is 34.2 Å². The molecule has 0 spiro atoms. The lowest BCUT2D eigenvalue weighted by molar-refractivity contribution is 0.0652. The van der Waals surface area contributed by atoms with Crippen LogP contribution < -0.4 is 9.47 Å². The van der Waals surface area contributed by atoms with Crippen LogP contribution in [0.15, 0.2) is 16.7 Å². The number of rotatable bonds is 5. The second-order valence-electron chi connectivity index (χ2n) is 4.19. The minimum Gasteiger partial charge on any atom is -0.493 e. The molecule has 2 rings (SSSR count). The van der Waals surface area contributed by atoms with Gasteiger partial charge in [0.05, 0.1) is 19.2 Å². The maximum atomic E-state index is 10.9. The summed E-state index contributed by atoms with van der Waals surface area (Å²) in [4.78, 5) is 10.9. The van der Waals surface area contributed by atoms with Crippen molar-refractivity contribution in [2.24, 2.45) is 0 Å². The highest BCUT2D eigenvalue weighted by Crippen LogP contribution is 2.43. The fourth-order valence-electron chi connectivity index (χ4n) is 2.07. The fourth-order valence-corrected chi connectivity index (χ4v) is 2.47. The zero-order valence-electron chi connectivity index (χ0n) is 11.8. The van der Waals surface area contributed by atoms with Crippen molar-refractivity contribution in [2.75, 3.05) is 14.2 Å². The predicted octanol–water partition coefficient (Wildman–Crippen LogP) is 3.27. The van der Waals surface area contributed by atoms with Crippen LogP contribution >= 0.6 is 11.6 Å². The van der Waals surface area contributed by atoms with Gasteiger partial charge >= 0.3 is 5.97 Å². The van der Waals surface area contributed by atoms with Crippen LogP contribution in [-0.4, -0.2) is 30.5 Å². The van der Waals surface area contributed by atoms with Crippen molar-refractivity contribution in [1.29, 1.82) is 0 Å². The molecule has 6 nitrogen and oxygen atoms in total. The van der Waals surface area contributed by atoms with Gasteiger partial charge in [0, 0.05) is 11.6 Å². The van der Waals surface area contributed by atoms with E-state index in [1.165, 1.54) is 20.3 Å². The van der Waals surface area contributed by atoms with Crippen molar-refractivity contribution in [2.45, 2.75) is 13.3 Å². The van der Waals surface area contributed by atoms with Gasteiger partial charge in [0.15, 0.2) is 11.5 Å². The number of hydrogen-bond donors (Lipinski definition) is 1. The van der Waals surface area contributed by atoms with Crippen LogP contribution in [0.2, 0.25) is 5.02 Å². The van der Waals surface area contributed by atoms with Crippen molar-refractivity contribution in [3.05, 3.63) is 28.5 Å². The lowest BCUT2D eigenvalue weighted by atomic mass is 10.0. The van der Waals surface area contributed by atoms with E-state index in [0.717, 1.165) is 5.56 Å². The first-order chi connectivity index (χ1) is 10.0. The van der Waals surface area contributed by atoms with Crippen molar-refractivity contribution in [1.82, 2.24) is 5.16 Å². The summed E-state index contributed by atoms with van der Waals surface area (Å²) in [5.41, 5.74) is 1.81. The summed E-state index contributed by atoms with van der Waals surface area (Å²) in [7, 11) is 3.00. The maximum absolute atomic E-state index is 10.9. The Morgan fingerprint density at radius 2 is 2.10 bits per heavy atom. The van der Waals surface area contributed by atoms with Gasteiger partial charge in [-0.15, -0.1) is 0 Å². The second kappa shape index (κ2) is 6.05. The summed E-state index contributed by atoms with van der Waals surface area (Å²) < 4.78 is 15.3. The van der Waals surface area contributed by atoms with Crippen LogP contribution in [0.5, 0.6) is 11.5 Å². The average molecular weight is 312 g/mol. The average Bonchev–Trinajstić information content (AvgIpc) is 2.96. The van der Waals surface area contributed by atoms with Gasteiger partial charge in [-0.3, -0.25) is 0 Å². The van der Waals surface area contributed by atoms with Crippen LogP contribution in [0, 0.1) is 0 Å². The Hall–Kier alpha value is -2.21. The molecule has 0 aliphatic carbocycles. The largest absolute Gasteiger partial charge is 0.493 e. The van der Waals surface area contributed by atoms with Crippen molar-refractivity contribution >= 4 is 17.6 Å². The Bertz CT molecular complexity index is 680. The molecular formula is C14H14ClNO5. The molecule has 0 fully saturated rings. The van der Waals surface area contributed by atoms with Gasteiger partial charge in [0.2, 0.25) is 5.76 Å². The number of carbonyl (C=O) groups is 1. The van der Waals surface area contributed by atoms with Crippen molar-refractivity contribution in [3.8, 4) is 22.8 Å². The number of nitrogens with zero attached hydrogens (tertiary/aromatic N) is 1. The summed E-state index contributed by atoms with van der Waals surface area (Å²) >= 11 is 6.34.